The minimum absolute atomic E-state index is 0. The lowest BCUT2D eigenvalue weighted by molar-refractivity contribution is -0.118. The van der Waals surface area contributed by atoms with E-state index in [9.17, 15) is 4.79 Å². The molecule has 2 N–H and O–H groups in total. The number of hydrogen-bond donors (Lipinski definition) is 2. The zero-order valence-corrected chi connectivity index (χ0v) is 15.0. The number of carbonyl (C=O) groups excluding carboxylic acids is 1. The van der Waals surface area contributed by atoms with Crippen molar-refractivity contribution in [2.45, 2.75) is 32.2 Å². The monoisotopic (exact) mass is 343 g/mol. The van der Waals surface area contributed by atoms with Crippen LogP contribution < -0.4 is 10.6 Å². The largest absolute Gasteiger partial charge is 0.305 e. The van der Waals surface area contributed by atoms with Crippen LogP contribution >= 0.6 is 23.7 Å². The number of aromatic nitrogens is 3. The predicted octanol–water partition coefficient (Wildman–Crippen LogP) is 2.50. The Morgan fingerprint density at radius 3 is 2.50 bits per heavy atom. The van der Waals surface area contributed by atoms with Crippen LogP contribution in [0.25, 0.3) is 0 Å². The molecule has 8 heteroatoms. The molecule has 0 spiro atoms. The summed E-state index contributed by atoms with van der Waals surface area (Å²) in [5, 5.41) is 10.6. The van der Waals surface area contributed by atoms with E-state index in [1.807, 2.05) is 19.4 Å². The Morgan fingerprint density at radius 2 is 2.05 bits per heavy atom. The zero-order valence-electron chi connectivity index (χ0n) is 13.4. The molecule has 1 amide bonds. The molecule has 0 bridgehead atoms. The highest BCUT2D eigenvalue weighted by Gasteiger charge is 2.22. The van der Waals surface area contributed by atoms with Gasteiger partial charge in [0.15, 0.2) is 5.13 Å². The number of likely N-dealkylation sites (N-methyl/N-ethyl adjacent to an activating group) is 1. The first-order chi connectivity index (χ1) is 9.81. The van der Waals surface area contributed by atoms with Gasteiger partial charge in [-0.05, 0) is 12.5 Å². The molecule has 0 radical (unpaired) electrons. The van der Waals surface area contributed by atoms with Crippen LogP contribution in [-0.2, 0) is 17.3 Å². The van der Waals surface area contributed by atoms with E-state index < -0.39 is 6.04 Å². The summed E-state index contributed by atoms with van der Waals surface area (Å²) in [6, 6.07) is -0.444. The maximum Gasteiger partial charge on any atom is 0.247 e. The molecule has 0 aliphatic rings. The number of aryl methyl sites for hydroxylation is 1. The van der Waals surface area contributed by atoms with Gasteiger partial charge in [-0.3, -0.25) is 9.48 Å². The van der Waals surface area contributed by atoms with Crippen LogP contribution in [0, 0.1) is 0 Å². The second-order valence-electron chi connectivity index (χ2n) is 5.94. The van der Waals surface area contributed by atoms with Crippen LogP contribution in [-0.4, -0.2) is 27.7 Å². The van der Waals surface area contributed by atoms with E-state index in [0.717, 1.165) is 10.4 Å². The van der Waals surface area contributed by atoms with E-state index in [-0.39, 0.29) is 23.7 Å². The molecule has 2 aromatic heterocycles. The second-order valence-corrected chi connectivity index (χ2v) is 6.97. The number of nitrogens with zero attached hydrogens (tertiary/aromatic N) is 3. The average Bonchev–Trinajstić information content (AvgIpc) is 2.99. The Balaban J connectivity index is 0.00000242. The van der Waals surface area contributed by atoms with Crippen LogP contribution in [0.5, 0.6) is 0 Å². The molecule has 1 unspecified atom stereocenters. The zero-order chi connectivity index (χ0) is 15.6. The van der Waals surface area contributed by atoms with Gasteiger partial charge in [-0.25, -0.2) is 4.98 Å². The fraction of sp³-hybridized carbons (Fsp3) is 0.500. The van der Waals surface area contributed by atoms with Gasteiger partial charge in [0.05, 0.1) is 6.20 Å². The molecular weight excluding hydrogens is 322 g/mol. The van der Waals surface area contributed by atoms with Crippen LogP contribution in [0.1, 0.15) is 37.3 Å². The van der Waals surface area contributed by atoms with Gasteiger partial charge in [-0.15, -0.1) is 23.7 Å². The summed E-state index contributed by atoms with van der Waals surface area (Å²) in [6.07, 6.45) is 5.32. The molecule has 0 aliphatic heterocycles. The fourth-order valence-electron chi connectivity index (χ4n) is 1.89. The van der Waals surface area contributed by atoms with Crippen LogP contribution in [0.15, 0.2) is 18.6 Å². The smallest absolute Gasteiger partial charge is 0.247 e. The lowest BCUT2D eigenvalue weighted by Crippen LogP contribution is -2.30. The van der Waals surface area contributed by atoms with Gasteiger partial charge in [0, 0.05) is 29.9 Å². The lowest BCUT2D eigenvalue weighted by atomic mass is 9.96. The van der Waals surface area contributed by atoms with Gasteiger partial charge in [-0.1, -0.05) is 20.8 Å². The van der Waals surface area contributed by atoms with Gasteiger partial charge in [0.2, 0.25) is 5.91 Å². The molecule has 0 saturated carbocycles. The molecule has 2 rings (SSSR count). The number of rotatable bonds is 4. The van der Waals surface area contributed by atoms with Gasteiger partial charge in [0.1, 0.15) is 6.04 Å². The summed E-state index contributed by atoms with van der Waals surface area (Å²) in [5.74, 6) is -0.139. The van der Waals surface area contributed by atoms with Gasteiger partial charge < -0.3 is 10.6 Å². The molecule has 0 saturated heterocycles. The summed E-state index contributed by atoms with van der Waals surface area (Å²) >= 11 is 1.50. The molecule has 0 aliphatic carbocycles. The van der Waals surface area contributed by atoms with Crippen molar-refractivity contribution >= 4 is 34.8 Å². The Morgan fingerprint density at radius 1 is 1.36 bits per heavy atom. The number of thiazole rings is 1. The highest BCUT2D eigenvalue weighted by Crippen LogP contribution is 2.30. The Kier molecular flexibility index (Phi) is 6.10. The third kappa shape index (κ3) is 4.28. The first-order valence-corrected chi connectivity index (χ1v) is 7.56. The number of carbonyl (C=O) groups is 1. The standard InChI is InChI=1S/C14H21N5OS.ClH/c1-14(2,3)10-7-16-13(21-10)18-12(20)11(15-4)9-6-17-19(5)8-9;/h6-8,11,15H,1-5H3,(H,16,18,20);1H. The van der Waals surface area contributed by atoms with Crippen molar-refractivity contribution in [2.24, 2.45) is 7.05 Å². The first-order valence-electron chi connectivity index (χ1n) is 6.74. The fourth-order valence-corrected chi connectivity index (χ4v) is 2.77. The van der Waals surface area contributed by atoms with Crippen molar-refractivity contribution in [2.75, 3.05) is 12.4 Å². The number of halogens is 1. The topological polar surface area (TPSA) is 71.8 Å². The van der Waals surface area contributed by atoms with Crippen molar-refractivity contribution in [1.82, 2.24) is 20.1 Å². The molecule has 0 fully saturated rings. The molecule has 1 atom stereocenters. The predicted molar refractivity (Wildman–Crippen MR) is 91.7 cm³/mol. The molecule has 22 heavy (non-hydrogen) atoms. The van der Waals surface area contributed by atoms with E-state index in [1.165, 1.54) is 11.3 Å². The number of nitrogens with one attached hydrogen (secondary N) is 2. The van der Waals surface area contributed by atoms with E-state index >= 15 is 0 Å². The van der Waals surface area contributed by atoms with Crippen molar-refractivity contribution in [3.8, 4) is 0 Å². The SMILES string of the molecule is CNC(C(=O)Nc1ncc(C(C)(C)C)s1)c1cnn(C)c1.Cl. The highest BCUT2D eigenvalue weighted by molar-refractivity contribution is 7.15. The van der Waals surface area contributed by atoms with E-state index in [0.29, 0.717) is 5.13 Å². The molecule has 0 aromatic carbocycles. The normalized spacial score (nSPS) is 12.6. The summed E-state index contributed by atoms with van der Waals surface area (Å²) in [7, 11) is 3.57. The number of hydrogen-bond acceptors (Lipinski definition) is 5. The molecule has 2 heterocycles. The number of amides is 1. The van der Waals surface area contributed by atoms with E-state index in [2.05, 4.69) is 41.5 Å². The molecule has 122 valence electrons. The van der Waals surface area contributed by atoms with Crippen molar-refractivity contribution < 1.29 is 4.79 Å². The molecule has 2 aromatic rings. The quantitative estimate of drug-likeness (QED) is 0.894. The molecule has 6 nitrogen and oxygen atoms in total. The van der Waals surface area contributed by atoms with Crippen LogP contribution in [0.2, 0.25) is 0 Å². The Hall–Kier alpha value is -1.44. The summed E-state index contributed by atoms with van der Waals surface area (Å²) < 4.78 is 1.67. The summed E-state index contributed by atoms with van der Waals surface area (Å²) in [4.78, 5) is 17.8. The number of anilines is 1. The van der Waals surface area contributed by atoms with Crippen molar-refractivity contribution in [3.05, 3.63) is 29.0 Å². The van der Waals surface area contributed by atoms with Gasteiger partial charge in [0.25, 0.3) is 0 Å². The third-order valence-electron chi connectivity index (χ3n) is 3.08. The van der Waals surface area contributed by atoms with Crippen molar-refractivity contribution in [1.29, 1.82) is 0 Å². The molecular formula is C14H22ClN5OS. The maximum absolute atomic E-state index is 12.4. The lowest BCUT2D eigenvalue weighted by Gasteiger charge is -2.15. The summed E-state index contributed by atoms with van der Waals surface area (Å²) in [6.45, 7) is 6.37. The van der Waals surface area contributed by atoms with Crippen LogP contribution in [0.4, 0.5) is 5.13 Å². The van der Waals surface area contributed by atoms with Crippen LogP contribution in [0.3, 0.4) is 0 Å². The Bertz CT molecular complexity index is 631. The van der Waals surface area contributed by atoms with Crippen molar-refractivity contribution in [3.63, 3.8) is 0 Å². The minimum atomic E-state index is -0.444. The van der Waals surface area contributed by atoms with E-state index in [4.69, 9.17) is 0 Å². The third-order valence-corrected chi connectivity index (χ3v) is 4.42. The summed E-state index contributed by atoms with van der Waals surface area (Å²) in [5.41, 5.74) is 0.858. The van der Waals surface area contributed by atoms with Gasteiger partial charge in [-0.2, -0.15) is 5.10 Å². The maximum atomic E-state index is 12.4. The Labute approximate surface area is 140 Å². The van der Waals surface area contributed by atoms with E-state index in [1.54, 1.807) is 17.9 Å². The first kappa shape index (κ1) is 18.6. The minimum Gasteiger partial charge on any atom is -0.305 e. The second kappa shape index (κ2) is 7.21. The van der Waals surface area contributed by atoms with Gasteiger partial charge >= 0.3 is 0 Å². The highest BCUT2D eigenvalue weighted by atomic mass is 35.5. The average molecular weight is 344 g/mol.